The Morgan fingerprint density at radius 3 is 0.706 bits per heavy atom. The first-order valence-corrected chi connectivity index (χ1v) is 22.4. The Bertz CT molecular complexity index is 2180. The van der Waals surface area contributed by atoms with Crippen LogP contribution in [0.2, 0.25) is 0 Å². The summed E-state index contributed by atoms with van der Waals surface area (Å²) in [4.78, 5) is 0. The summed E-state index contributed by atoms with van der Waals surface area (Å²) < 4.78 is 2.66. The van der Waals surface area contributed by atoms with Crippen LogP contribution >= 0.6 is 11.3 Å². The molecule has 1 aromatic heterocycles. The lowest BCUT2D eigenvalue weighted by Gasteiger charge is -2.34. The first-order chi connectivity index (χ1) is 25.3. The molecule has 0 saturated carbocycles. The fourth-order valence-corrected chi connectivity index (χ4v) is 19.0. The van der Waals surface area contributed by atoms with Crippen LogP contribution in [0.15, 0.2) is 218 Å². The second kappa shape index (κ2) is 13.3. The Morgan fingerprint density at radius 1 is 0.235 bits per heavy atom. The summed E-state index contributed by atoms with van der Waals surface area (Å²) in [5.41, 5.74) is 0. The predicted octanol–water partition coefficient (Wildman–Crippen LogP) is 6.81. The van der Waals surface area contributed by atoms with Gasteiger partial charge < -0.3 is 0 Å². The summed E-state index contributed by atoms with van der Waals surface area (Å²) in [7, 11) is -5.35. The second-order valence-corrected chi connectivity index (χ2v) is 21.9. The van der Waals surface area contributed by atoms with Crippen LogP contribution in [0.5, 0.6) is 0 Å². The van der Waals surface area contributed by atoms with E-state index < -0.39 is 16.1 Å². The third-order valence-corrected chi connectivity index (χ3v) is 21.3. The van der Waals surface area contributed by atoms with Gasteiger partial charge in [-0.2, -0.15) is 0 Å². The van der Waals surface area contributed by atoms with E-state index in [0.29, 0.717) is 0 Å². The van der Waals surface area contributed by atoms with Crippen molar-refractivity contribution in [3.05, 3.63) is 218 Å². The third kappa shape index (κ3) is 5.16. The molecule has 0 bridgehead atoms. The van der Waals surface area contributed by atoms with Crippen molar-refractivity contribution in [1.29, 1.82) is 0 Å². The highest BCUT2D eigenvalue weighted by molar-refractivity contribution is 7.26. The molecule has 0 aliphatic heterocycles. The third-order valence-electron chi connectivity index (χ3n) is 10.6. The highest BCUT2D eigenvalue weighted by atomic mass is 32.1. The highest BCUT2D eigenvalue weighted by Crippen LogP contribution is 2.33. The minimum atomic E-state index is -2.67. The van der Waals surface area contributed by atoms with Crippen LogP contribution in [-0.4, -0.2) is 16.1 Å². The molecule has 0 spiro atoms. The van der Waals surface area contributed by atoms with E-state index in [-0.39, 0.29) is 0 Å². The number of thiophene rings is 1. The number of fused-ring (bicyclic) bond motifs is 3. The molecule has 0 radical (unpaired) electrons. The van der Waals surface area contributed by atoms with Gasteiger partial charge in [0.25, 0.3) is 0 Å². The van der Waals surface area contributed by atoms with Gasteiger partial charge in [-0.15, -0.1) is 11.3 Å². The van der Waals surface area contributed by atoms with Gasteiger partial charge in [0.05, 0.1) is 0 Å². The Kier molecular flexibility index (Phi) is 8.17. The quantitative estimate of drug-likeness (QED) is 0.121. The van der Waals surface area contributed by atoms with Gasteiger partial charge in [0.2, 0.25) is 0 Å². The molecule has 0 N–H and O–H groups in total. The fraction of sp³-hybridized carbons (Fsp3) is 0. The highest BCUT2D eigenvalue weighted by Gasteiger charge is 2.43. The van der Waals surface area contributed by atoms with E-state index in [1.165, 1.54) is 61.7 Å². The standard InChI is InChI=1S/C48H36SSi2/c1-7-19-37(20-8-1)50(38-21-9-2-10-22-38,39-23-11-3-12-24-39)43-31-33-47-45(35-43)46-36-44(32-34-48(46)49-47)51(40-25-13-4-14-26-40,41-27-15-5-16-28-41)42-29-17-6-18-30-42/h1-36H. The lowest BCUT2D eigenvalue weighted by molar-refractivity contribution is 1.67. The van der Waals surface area contributed by atoms with Gasteiger partial charge in [0, 0.05) is 20.2 Å². The lowest BCUT2D eigenvalue weighted by Crippen LogP contribution is -2.74. The van der Waals surface area contributed by atoms with Gasteiger partial charge in [-0.1, -0.05) is 206 Å². The van der Waals surface area contributed by atoms with Crippen LogP contribution in [0, 0.1) is 0 Å². The van der Waals surface area contributed by atoms with E-state index in [4.69, 9.17) is 0 Å². The van der Waals surface area contributed by atoms with E-state index in [0.717, 1.165) is 0 Å². The van der Waals surface area contributed by atoms with Crippen LogP contribution in [0.3, 0.4) is 0 Å². The molecule has 1 heterocycles. The first-order valence-electron chi connectivity index (χ1n) is 17.6. The van der Waals surface area contributed by atoms with Crippen molar-refractivity contribution >= 4 is 89.2 Å². The molecule has 0 amide bonds. The van der Waals surface area contributed by atoms with Gasteiger partial charge in [-0.25, -0.2) is 0 Å². The monoisotopic (exact) mass is 700 g/mol. The maximum atomic E-state index is 2.55. The molecule has 0 aliphatic carbocycles. The molecule has 0 atom stereocenters. The zero-order valence-electron chi connectivity index (χ0n) is 28.2. The molecule has 3 heteroatoms. The summed E-state index contributed by atoms with van der Waals surface area (Å²) in [6, 6.07) is 82.2. The van der Waals surface area contributed by atoms with Crippen LogP contribution < -0.4 is 41.5 Å². The Morgan fingerprint density at radius 2 is 0.471 bits per heavy atom. The predicted molar refractivity (Wildman–Crippen MR) is 227 cm³/mol. The molecule has 0 nitrogen and oxygen atoms in total. The lowest BCUT2D eigenvalue weighted by atomic mass is 10.1. The molecule has 9 aromatic rings. The summed E-state index contributed by atoms with van der Waals surface area (Å²) in [5, 5.41) is 13.9. The summed E-state index contributed by atoms with van der Waals surface area (Å²) in [6.45, 7) is 0. The zero-order chi connectivity index (χ0) is 34.1. The Balaban J connectivity index is 1.36. The van der Waals surface area contributed by atoms with Crippen molar-refractivity contribution in [2.45, 2.75) is 0 Å². The van der Waals surface area contributed by atoms with Crippen molar-refractivity contribution < 1.29 is 0 Å². The molecular formula is C48H36SSi2. The number of benzene rings is 8. The molecule has 8 aromatic carbocycles. The summed E-state index contributed by atoms with van der Waals surface area (Å²) in [6.07, 6.45) is 0. The normalized spacial score (nSPS) is 11.9. The molecule has 0 aliphatic rings. The molecule has 242 valence electrons. The Hall–Kier alpha value is -5.59. The molecule has 0 unspecified atom stereocenters. The van der Waals surface area contributed by atoms with Crippen LogP contribution in [0.1, 0.15) is 0 Å². The van der Waals surface area contributed by atoms with Crippen LogP contribution in [-0.2, 0) is 0 Å². The van der Waals surface area contributed by atoms with E-state index in [9.17, 15) is 0 Å². The Labute approximate surface area is 306 Å². The molecular weight excluding hydrogens is 665 g/mol. The summed E-state index contributed by atoms with van der Waals surface area (Å²) >= 11 is 1.91. The van der Waals surface area contributed by atoms with Crippen molar-refractivity contribution in [3.63, 3.8) is 0 Å². The molecule has 51 heavy (non-hydrogen) atoms. The minimum Gasteiger partial charge on any atom is -0.135 e. The topological polar surface area (TPSA) is 0 Å². The number of rotatable bonds is 8. The van der Waals surface area contributed by atoms with E-state index >= 15 is 0 Å². The minimum absolute atomic E-state index is 1.33. The van der Waals surface area contributed by atoms with Gasteiger partial charge in [0.1, 0.15) is 0 Å². The van der Waals surface area contributed by atoms with Crippen LogP contribution in [0.4, 0.5) is 0 Å². The number of hydrogen-bond donors (Lipinski definition) is 0. The van der Waals surface area contributed by atoms with Gasteiger partial charge >= 0.3 is 0 Å². The fourth-order valence-electron chi connectivity index (χ4n) is 8.37. The SMILES string of the molecule is c1ccc([Si](c2ccccc2)(c2ccccc2)c2ccc3sc4ccc([Si](c5ccccc5)(c5ccccc5)c5ccccc5)cc4c3c2)cc1. The largest absolute Gasteiger partial charge is 0.179 e. The van der Waals surface area contributed by atoms with Crippen molar-refractivity contribution in [2.24, 2.45) is 0 Å². The smallest absolute Gasteiger partial charge is 0.135 e. The van der Waals surface area contributed by atoms with Gasteiger partial charge in [-0.3, -0.25) is 0 Å². The van der Waals surface area contributed by atoms with Gasteiger partial charge in [-0.05, 0) is 53.6 Å². The maximum Gasteiger partial charge on any atom is 0.179 e. The average Bonchev–Trinajstić information content (AvgIpc) is 3.59. The van der Waals surface area contributed by atoms with Crippen molar-refractivity contribution in [2.75, 3.05) is 0 Å². The molecule has 0 saturated heterocycles. The van der Waals surface area contributed by atoms with E-state index in [1.54, 1.807) is 0 Å². The molecule has 9 rings (SSSR count). The van der Waals surface area contributed by atoms with Crippen LogP contribution in [0.25, 0.3) is 20.2 Å². The average molecular weight is 701 g/mol. The zero-order valence-corrected chi connectivity index (χ0v) is 31.0. The summed E-state index contributed by atoms with van der Waals surface area (Å²) in [5.74, 6) is 0. The maximum absolute atomic E-state index is 2.67. The number of hydrogen-bond acceptors (Lipinski definition) is 1. The second-order valence-electron chi connectivity index (χ2n) is 13.2. The van der Waals surface area contributed by atoms with E-state index in [2.05, 4.69) is 218 Å². The van der Waals surface area contributed by atoms with Gasteiger partial charge in [0.15, 0.2) is 16.1 Å². The molecule has 0 fully saturated rings. The van der Waals surface area contributed by atoms with E-state index in [1.807, 2.05) is 11.3 Å². The first kappa shape index (κ1) is 31.4. The van der Waals surface area contributed by atoms with Crippen molar-refractivity contribution in [1.82, 2.24) is 0 Å². The van der Waals surface area contributed by atoms with Crippen molar-refractivity contribution in [3.8, 4) is 0 Å².